The van der Waals surface area contributed by atoms with Crippen LogP contribution in [0.5, 0.6) is 0 Å². The Kier molecular flexibility index (Phi) is 4.65. The third-order valence-corrected chi connectivity index (χ3v) is 6.56. The van der Waals surface area contributed by atoms with Crippen LogP contribution in [0.4, 0.5) is 11.5 Å². The molecular formula is C18H17N5O4S. The van der Waals surface area contributed by atoms with E-state index in [0.29, 0.717) is 18.9 Å². The molecule has 9 nitrogen and oxygen atoms in total. The number of aromatic nitrogens is 2. The highest BCUT2D eigenvalue weighted by atomic mass is 32.2. The van der Waals surface area contributed by atoms with Crippen LogP contribution in [-0.2, 0) is 10.0 Å². The fourth-order valence-corrected chi connectivity index (χ4v) is 4.63. The monoisotopic (exact) mass is 399 g/mol. The molecule has 10 heteroatoms. The van der Waals surface area contributed by atoms with Crippen molar-refractivity contribution in [3.63, 3.8) is 0 Å². The fourth-order valence-electron chi connectivity index (χ4n) is 3.16. The molecule has 2 heterocycles. The van der Waals surface area contributed by atoms with Gasteiger partial charge in [-0.2, -0.15) is 4.31 Å². The van der Waals surface area contributed by atoms with Crippen LogP contribution in [-0.4, -0.2) is 53.8 Å². The first kappa shape index (κ1) is 18.3. The highest BCUT2D eigenvalue weighted by Crippen LogP contribution is 2.23. The van der Waals surface area contributed by atoms with E-state index >= 15 is 0 Å². The SMILES string of the molecule is O=[N+]([O-])c1cccc(S(=O)(=O)N2CCN(c3cnc4ccccc4n3)CC2)c1. The number of sulfonamides is 1. The first-order chi connectivity index (χ1) is 13.4. The lowest BCUT2D eigenvalue weighted by molar-refractivity contribution is -0.385. The molecule has 28 heavy (non-hydrogen) atoms. The second kappa shape index (κ2) is 7.13. The standard InChI is InChI=1S/C18H17N5O4S/c24-23(25)14-4-3-5-15(12-14)28(26,27)22-10-8-21(9-11-22)18-13-19-16-6-1-2-7-17(16)20-18/h1-7,12-13H,8-11H2. The summed E-state index contributed by atoms with van der Waals surface area (Å²) in [5, 5.41) is 10.9. The number of anilines is 1. The van der Waals surface area contributed by atoms with Gasteiger partial charge in [-0.15, -0.1) is 0 Å². The van der Waals surface area contributed by atoms with Crippen molar-refractivity contribution >= 4 is 32.6 Å². The number of nitro groups is 1. The summed E-state index contributed by atoms with van der Waals surface area (Å²) in [6.07, 6.45) is 1.69. The Morgan fingerprint density at radius 3 is 2.39 bits per heavy atom. The summed E-state index contributed by atoms with van der Waals surface area (Å²) in [5.41, 5.74) is 1.34. The van der Waals surface area contributed by atoms with Gasteiger partial charge in [0.15, 0.2) is 0 Å². The van der Waals surface area contributed by atoms with Gasteiger partial charge in [0.05, 0.1) is 27.0 Å². The molecule has 1 saturated heterocycles. The number of nitrogens with zero attached hydrogens (tertiary/aromatic N) is 5. The zero-order valence-electron chi connectivity index (χ0n) is 14.8. The van der Waals surface area contributed by atoms with Crippen molar-refractivity contribution in [1.82, 2.24) is 14.3 Å². The van der Waals surface area contributed by atoms with E-state index in [9.17, 15) is 18.5 Å². The molecule has 0 aliphatic carbocycles. The van der Waals surface area contributed by atoms with Crippen LogP contribution in [0, 0.1) is 10.1 Å². The molecule has 0 amide bonds. The highest BCUT2D eigenvalue weighted by Gasteiger charge is 2.30. The lowest BCUT2D eigenvalue weighted by Crippen LogP contribution is -2.48. The van der Waals surface area contributed by atoms with Crippen LogP contribution < -0.4 is 4.90 Å². The quantitative estimate of drug-likeness (QED) is 0.488. The topological polar surface area (TPSA) is 110 Å². The summed E-state index contributed by atoms with van der Waals surface area (Å²) < 4.78 is 27.0. The molecule has 4 rings (SSSR count). The van der Waals surface area contributed by atoms with E-state index in [1.165, 1.54) is 22.5 Å². The van der Waals surface area contributed by atoms with Crippen LogP contribution >= 0.6 is 0 Å². The van der Waals surface area contributed by atoms with Gasteiger partial charge < -0.3 is 4.90 Å². The van der Waals surface area contributed by atoms with Crippen LogP contribution in [0.15, 0.2) is 59.6 Å². The van der Waals surface area contributed by atoms with Crippen LogP contribution in [0.2, 0.25) is 0 Å². The second-order valence-electron chi connectivity index (χ2n) is 6.36. The zero-order valence-corrected chi connectivity index (χ0v) is 15.6. The Morgan fingerprint density at radius 1 is 0.964 bits per heavy atom. The minimum absolute atomic E-state index is 0.0688. The summed E-state index contributed by atoms with van der Waals surface area (Å²) >= 11 is 0. The molecular weight excluding hydrogens is 382 g/mol. The number of fused-ring (bicyclic) bond motifs is 1. The van der Waals surface area contributed by atoms with Crippen LogP contribution in [0.1, 0.15) is 0 Å². The molecule has 1 fully saturated rings. The van der Waals surface area contributed by atoms with E-state index in [0.717, 1.165) is 17.1 Å². The zero-order chi connectivity index (χ0) is 19.7. The molecule has 2 aromatic carbocycles. The number of piperazine rings is 1. The Bertz CT molecular complexity index is 1140. The third kappa shape index (κ3) is 3.39. The highest BCUT2D eigenvalue weighted by molar-refractivity contribution is 7.89. The van der Waals surface area contributed by atoms with E-state index in [1.807, 2.05) is 29.2 Å². The predicted molar refractivity (Wildman–Crippen MR) is 104 cm³/mol. The molecule has 1 aliphatic rings. The molecule has 0 bridgehead atoms. The minimum Gasteiger partial charge on any atom is -0.353 e. The summed E-state index contributed by atoms with van der Waals surface area (Å²) in [5.74, 6) is 0.700. The van der Waals surface area contributed by atoms with E-state index in [1.54, 1.807) is 6.20 Å². The van der Waals surface area contributed by atoms with E-state index < -0.39 is 14.9 Å². The van der Waals surface area contributed by atoms with Gasteiger partial charge in [-0.25, -0.2) is 13.4 Å². The largest absolute Gasteiger partial charge is 0.353 e. The van der Waals surface area contributed by atoms with Crippen molar-refractivity contribution in [2.24, 2.45) is 0 Å². The van der Waals surface area contributed by atoms with Gasteiger partial charge >= 0.3 is 0 Å². The van der Waals surface area contributed by atoms with Gasteiger partial charge in [0.2, 0.25) is 10.0 Å². The number of para-hydroxylation sites is 2. The van der Waals surface area contributed by atoms with Crippen molar-refractivity contribution in [2.75, 3.05) is 31.1 Å². The van der Waals surface area contributed by atoms with Crippen molar-refractivity contribution in [3.05, 3.63) is 64.8 Å². The maximum Gasteiger partial charge on any atom is 0.270 e. The average Bonchev–Trinajstić information content (AvgIpc) is 2.73. The number of rotatable bonds is 4. The van der Waals surface area contributed by atoms with Gasteiger partial charge in [0, 0.05) is 38.3 Å². The molecule has 1 aromatic heterocycles. The molecule has 0 radical (unpaired) electrons. The smallest absolute Gasteiger partial charge is 0.270 e. The molecule has 0 spiro atoms. The summed E-state index contributed by atoms with van der Waals surface area (Å²) in [6, 6.07) is 12.7. The summed E-state index contributed by atoms with van der Waals surface area (Å²) in [6.45, 7) is 1.45. The summed E-state index contributed by atoms with van der Waals surface area (Å²) in [7, 11) is -3.79. The summed E-state index contributed by atoms with van der Waals surface area (Å²) in [4.78, 5) is 21.2. The van der Waals surface area contributed by atoms with Crippen molar-refractivity contribution < 1.29 is 13.3 Å². The number of hydrogen-bond acceptors (Lipinski definition) is 7. The normalized spacial score (nSPS) is 15.6. The molecule has 0 unspecified atom stereocenters. The fraction of sp³-hybridized carbons (Fsp3) is 0.222. The van der Waals surface area contributed by atoms with Crippen molar-refractivity contribution in [3.8, 4) is 0 Å². The maximum absolute atomic E-state index is 12.8. The Labute approximate surface area is 161 Å². The lowest BCUT2D eigenvalue weighted by Gasteiger charge is -2.34. The number of non-ortho nitro benzene ring substituents is 1. The number of nitro benzene ring substituents is 1. The van der Waals surface area contributed by atoms with Gasteiger partial charge in [-0.1, -0.05) is 18.2 Å². The lowest BCUT2D eigenvalue weighted by atomic mass is 10.3. The molecule has 1 aliphatic heterocycles. The van der Waals surface area contributed by atoms with Crippen molar-refractivity contribution in [2.45, 2.75) is 4.90 Å². The van der Waals surface area contributed by atoms with E-state index in [2.05, 4.69) is 9.97 Å². The Balaban J connectivity index is 1.51. The van der Waals surface area contributed by atoms with Gasteiger partial charge in [0.25, 0.3) is 5.69 Å². The van der Waals surface area contributed by atoms with Crippen molar-refractivity contribution in [1.29, 1.82) is 0 Å². The number of benzene rings is 2. The van der Waals surface area contributed by atoms with Crippen LogP contribution in [0.25, 0.3) is 11.0 Å². The molecule has 0 atom stereocenters. The Hall–Kier alpha value is -3.11. The van der Waals surface area contributed by atoms with Gasteiger partial charge in [0.1, 0.15) is 5.82 Å². The van der Waals surface area contributed by atoms with E-state index in [4.69, 9.17) is 0 Å². The minimum atomic E-state index is -3.79. The Morgan fingerprint density at radius 2 is 1.68 bits per heavy atom. The van der Waals surface area contributed by atoms with Crippen LogP contribution in [0.3, 0.4) is 0 Å². The molecule has 0 N–H and O–H groups in total. The number of hydrogen-bond donors (Lipinski definition) is 0. The van der Waals surface area contributed by atoms with E-state index in [-0.39, 0.29) is 23.7 Å². The first-order valence-electron chi connectivity index (χ1n) is 8.66. The first-order valence-corrected chi connectivity index (χ1v) is 10.1. The van der Waals surface area contributed by atoms with Gasteiger partial charge in [-0.05, 0) is 18.2 Å². The predicted octanol–water partition coefficient (Wildman–Crippen LogP) is 2.05. The molecule has 3 aromatic rings. The maximum atomic E-state index is 12.8. The third-order valence-electron chi connectivity index (χ3n) is 4.66. The second-order valence-corrected chi connectivity index (χ2v) is 8.30. The average molecular weight is 399 g/mol. The molecule has 144 valence electrons. The van der Waals surface area contributed by atoms with Gasteiger partial charge in [-0.3, -0.25) is 15.1 Å². The molecule has 0 saturated carbocycles.